The summed E-state index contributed by atoms with van der Waals surface area (Å²) in [6.45, 7) is 5.62. The molecule has 0 saturated carbocycles. The van der Waals surface area contributed by atoms with Gasteiger partial charge in [-0.3, -0.25) is 0 Å². The van der Waals surface area contributed by atoms with Crippen LogP contribution in [0.2, 0.25) is 0 Å². The Balaban J connectivity index is 1.45. The molecule has 0 radical (unpaired) electrons. The smallest absolute Gasteiger partial charge is 0.0983 e. The summed E-state index contributed by atoms with van der Waals surface area (Å²) in [6.07, 6.45) is 7.06. The summed E-state index contributed by atoms with van der Waals surface area (Å²) >= 11 is 0. The van der Waals surface area contributed by atoms with Crippen molar-refractivity contribution in [1.29, 1.82) is 0 Å². The molecule has 3 rings (SSSR count). The second kappa shape index (κ2) is 6.73. The third kappa shape index (κ3) is 3.62. The van der Waals surface area contributed by atoms with Crippen LogP contribution in [0.3, 0.4) is 0 Å². The van der Waals surface area contributed by atoms with Gasteiger partial charge in [0.05, 0.1) is 39.3 Å². The van der Waals surface area contributed by atoms with Crippen LogP contribution in [0.1, 0.15) is 31.2 Å². The van der Waals surface area contributed by atoms with E-state index in [1.54, 1.807) is 4.90 Å². The zero-order chi connectivity index (χ0) is 13.8. The minimum Gasteiger partial charge on any atom is -0.337 e. The van der Waals surface area contributed by atoms with Gasteiger partial charge < -0.3 is 9.80 Å². The van der Waals surface area contributed by atoms with Crippen LogP contribution < -0.4 is 9.80 Å². The Morgan fingerprint density at radius 1 is 0.900 bits per heavy atom. The first-order valence-corrected chi connectivity index (χ1v) is 8.51. The summed E-state index contributed by atoms with van der Waals surface area (Å²) in [4.78, 5) is 3.65. The number of quaternary nitrogens is 2. The van der Waals surface area contributed by atoms with E-state index in [4.69, 9.17) is 0 Å². The zero-order valence-electron chi connectivity index (χ0n) is 12.9. The highest BCUT2D eigenvalue weighted by Gasteiger charge is 2.31. The molecule has 2 nitrogen and oxygen atoms in total. The molecule has 2 fully saturated rings. The molecule has 2 aliphatic heterocycles. The van der Waals surface area contributed by atoms with Gasteiger partial charge in [-0.05, 0) is 30.7 Å². The molecule has 0 spiro atoms. The van der Waals surface area contributed by atoms with Gasteiger partial charge in [0, 0.05) is 12.8 Å². The van der Waals surface area contributed by atoms with Crippen molar-refractivity contribution in [2.75, 3.05) is 33.2 Å². The Morgan fingerprint density at radius 2 is 1.55 bits per heavy atom. The van der Waals surface area contributed by atoms with Crippen LogP contribution in [0.5, 0.6) is 0 Å². The van der Waals surface area contributed by atoms with E-state index in [2.05, 4.69) is 37.4 Å². The fourth-order valence-electron chi connectivity index (χ4n) is 4.13. The fourth-order valence-corrected chi connectivity index (χ4v) is 4.13. The topological polar surface area (TPSA) is 8.88 Å². The third-order valence-corrected chi connectivity index (χ3v) is 5.53. The second-order valence-electron chi connectivity index (χ2n) is 7.02. The molecule has 0 amide bonds. The molecule has 110 valence electrons. The monoisotopic (exact) mass is 274 g/mol. The maximum Gasteiger partial charge on any atom is 0.0983 e. The first-order valence-electron chi connectivity index (χ1n) is 8.51. The van der Waals surface area contributed by atoms with Crippen molar-refractivity contribution in [3.63, 3.8) is 0 Å². The average molecular weight is 274 g/mol. The molecule has 0 aromatic heterocycles. The van der Waals surface area contributed by atoms with Gasteiger partial charge in [-0.25, -0.2) is 0 Å². The van der Waals surface area contributed by atoms with Gasteiger partial charge in [0.25, 0.3) is 0 Å². The van der Waals surface area contributed by atoms with Crippen LogP contribution >= 0.6 is 0 Å². The van der Waals surface area contributed by atoms with Crippen molar-refractivity contribution >= 4 is 0 Å². The molecule has 2 saturated heterocycles. The summed E-state index contributed by atoms with van der Waals surface area (Å²) in [5.74, 6) is 0.929. The minimum atomic E-state index is 0.929. The number of piperidine rings is 2. The molecule has 0 aliphatic carbocycles. The lowest BCUT2D eigenvalue weighted by Crippen LogP contribution is -3.20. The quantitative estimate of drug-likeness (QED) is 0.779. The second-order valence-corrected chi connectivity index (χ2v) is 7.02. The lowest BCUT2D eigenvalue weighted by atomic mass is 9.88. The number of nitrogens with one attached hydrogen (secondary N) is 2. The van der Waals surface area contributed by atoms with Crippen molar-refractivity contribution in [3.8, 4) is 0 Å². The Morgan fingerprint density at radius 3 is 2.20 bits per heavy atom. The van der Waals surface area contributed by atoms with E-state index in [1.807, 2.05) is 4.90 Å². The lowest BCUT2D eigenvalue weighted by Gasteiger charge is -2.37. The van der Waals surface area contributed by atoms with Crippen molar-refractivity contribution in [2.45, 2.75) is 38.1 Å². The largest absolute Gasteiger partial charge is 0.337 e. The Kier molecular flexibility index (Phi) is 4.74. The van der Waals surface area contributed by atoms with Crippen molar-refractivity contribution in [2.24, 2.45) is 5.92 Å². The molecule has 2 heterocycles. The molecule has 2 heteroatoms. The molecular weight excluding hydrogens is 244 g/mol. The molecule has 2 N–H and O–H groups in total. The van der Waals surface area contributed by atoms with E-state index in [9.17, 15) is 0 Å². The summed E-state index contributed by atoms with van der Waals surface area (Å²) < 4.78 is 0. The molecule has 20 heavy (non-hydrogen) atoms. The zero-order valence-corrected chi connectivity index (χ0v) is 12.9. The first kappa shape index (κ1) is 14.1. The van der Waals surface area contributed by atoms with Gasteiger partial charge >= 0.3 is 0 Å². The van der Waals surface area contributed by atoms with Crippen molar-refractivity contribution in [3.05, 3.63) is 35.9 Å². The van der Waals surface area contributed by atoms with E-state index in [1.165, 1.54) is 63.8 Å². The standard InChI is InChI=1S/C18H28N2/c1-19-11-9-18(10-12-19)20-13-7-17(8-14-20)15-16-5-3-2-4-6-16/h2-6,17-18H,7-15H2,1H3/p+2. The molecule has 0 atom stereocenters. The van der Waals surface area contributed by atoms with E-state index in [0.29, 0.717) is 0 Å². The Labute approximate surface area is 123 Å². The van der Waals surface area contributed by atoms with Crippen LogP contribution in [-0.2, 0) is 6.42 Å². The molecule has 1 aromatic rings. The average Bonchev–Trinajstić information content (AvgIpc) is 2.50. The SMILES string of the molecule is C[NH+]1CCC([NH+]2CCC(Cc3ccccc3)CC2)CC1. The number of benzene rings is 1. The molecular formula is C18H30N2+2. The van der Waals surface area contributed by atoms with Crippen LogP contribution in [-0.4, -0.2) is 39.3 Å². The number of hydrogen-bond donors (Lipinski definition) is 2. The lowest BCUT2D eigenvalue weighted by molar-refractivity contribution is -0.955. The highest BCUT2D eigenvalue weighted by Crippen LogP contribution is 2.17. The summed E-state index contributed by atoms with van der Waals surface area (Å²) in [5, 5.41) is 0. The van der Waals surface area contributed by atoms with Crippen LogP contribution in [0.15, 0.2) is 30.3 Å². The molecule has 2 aliphatic rings. The number of likely N-dealkylation sites (tertiary alicyclic amines) is 2. The predicted molar refractivity (Wildman–Crippen MR) is 83.2 cm³/mol. The van der Waals surface area contributed by atoms with Crippen LogP contribution in [0, 0.1) is 5.92 Å². The molecule has 0 bridgehead atoms. The normalized spacial score (nSPS) is 34.9. The van der Waals surface area contributed by atoms with E-state index < -0.39 is 0 Å². The molecule has 0 unspecified atom stereocenters. The fraction of sp³-hybridized carbons (Fsp3) is 0.667. The van der Waals surface area contributed by atoms with Gasteiger partial charge in [-0.1, -0.05) is 30.3 Å². The van der Waals surface area contributed by atoms with Gasteiger partial charge in [-0.15, -0.1) is 0 Å². The number of rotatable bonds is 3. The van der Waals surface area contributed by atoms with E-state index in [-0.39, 0.29) is 0 Å². The van der Waals surface area contributed by atoms with E-state index >= 15 is 0 Å². The van der Waals surface area contributed by atoms with Gasteiger partial charge in [0.2, 0.25) is 0 Å². The van der Waals surface area contributed by atoms with Gasteiger partial charge in [-0.2, -0.15) is 0 Å². The summed E-state index contributed by atoms with van der Waals surface area (Å²) in [6, 6.07) is 12.0. The predicted octanol–water partition coefficient (Wildman–Crippen LogP) is 0.201. The molecule has 1 aromatic carbocycles. The Hall–Kier alpha value is -0.860. The summed E-state index contributed by atoms with van der Waals surface area (Å²) in [5.41, 5.74) is 1.53. The van der Waals surface area contributed by atoms with Crippen molar-refractivity contribution in [1.82, 2.24) is 0 Å². The summed E-state index contributed by atoms with van der Waals surface area (Å²) in [7, 11) is 2.34. The Bertz CT molecular complexity index is 387. The highest BCUT2D eigenvalue weighted by molar-refractivity contribution is 5.15. The maximum atomic E-state index is 2.34. The van der Waals surface area contributed by atoms with Gasteiger partial charge in [0.1, 0.15) is 0 Å². The first-order chi connectivity index (χ1) is 9.81. The van der Waals surface area contributed by atoms with E-state index in [0.717, 1.165) is 12.0 Å². The highest BCUT2D eigenvalue weighted by atomic mass is 15.2. The minimum absolute atomic E-state index is 0.929. The maximum absolute atomic E-state index is 2.34. The van der Waals surface area contributed by atoms with Crippen molar-refractivity contribution < 1.29 is 9.80 Å². The third-order valence-electron chi connectivity index (χ3n) is 5.53. The number of hydrogen-bond acceptors (Lipinski definition) is 0. The van der Waals surface area contributed by atoms with Gasteiger partial charge in [0.15, 0.2) is 0 Å². The van der Waals surface area contributed by atoms with Crippen LogP contribution in [0.4, 0.5) is 0 Å². The van der Waals surface area contributed by atoms with Crippen LogP contribution in [0.25, 0.3) is 0 Å².